The largest absolute Gasteiger partial charge is 0.497 e. The molecule has 1 atom stereocenters. The average molecular weight is 658 g/mol. The summed E-state index contributed by atoms with van der Waals surface area (Å²) in [6, 6.07) is 20.1. The molecular weight excluding hydrogens is 618 g/mol. The minimum atomic E-state index is -0.463. The number of ether oxygens (including phenoxy) is 7. The third-order valence-corrected chi connectivity index (χ3v) is 7.57. The number of amides is 1. The van der Waals surface area contributed by atoms with Crippen LogP contribution in [0.2, 0.25) is 0 Å². The van der Waals surface area contributed by atoms with E-state index < -0.39 is 6.17 Å². The molecule has 0 saturated carbocycles. The predicted octanol–water partition coefficient (Wildman–Crippen LogP) is 6.02. The van der Waals surface area contributed by atoms with Crippen molar-refractivity contribution in [1.29, 1.82) is 0 Å². The summed E-state index contributed by atoms with van der Waals surface area (Å²) in [4.78, 5) is 18.9. The summed E-state index contributed by atoms with van der Waals surface area (Å²) in [5, 5.41) is 7.85. The molecule has 0 fully saturated rings. The Morgan fingerprint density at radius 1 is 0.646 bits per heavy atom. The number of nitrogens with zero attached hydrogens (tertiary/aromatic N) is 1. The molecule has 1 heterocycles. The highest BCUT2D eigenvalue weighted by Crippen LogP contribution is 2.39. The second-order valence-electron chi connectivity index (χ2n) is 10.6. The second-order valence-corrected chi connectivity index (χ2v) is 10.6. The van der Waals surface area contributed by atoms with Gasteiger partial charge in [-0.15, -0.1) is 5.06 Å². The van der Waals surface area contributed by atoms with Crippen LogP contribution in [0.3, 0.4) is 0 Å². The smallest absolute Gasteiger partial charge is 0.255 e. The van der Waals surface area contributed by atoms with Crippen LogP contribution in [0.1, 0.15) is 33.2 Å². The number of hydrogen-bond acceptors (Lipinski definition) is 11. The van der Waals surface area contributed by atoms with Crippen molar-refractivity contribution < 1.29 is 42.8 Å². The van der Waals surface area contributed by atoms with E-state index in [0.29, 0.717) is 57.2 Å². The number of anilines is 1. The summed E-state index contributed by atoms with van der Waals surface area (Å²) in [5.74, 6) is 4.09. The number of hydrogen-bond donors (Lipinski definition) is 2. The zero-order valence-corrected chi connectivity index (χ0v) is 27.9. The summed E-state index contributed by atoms with van der Waals surface area (Å²) in [7, 11) is 11.2. The maximum Gasteiger partial charge on any atom is 0.255 e. The zero-order chi connectivity index (χ0) is 34.2. The molecule has 0 aromatic heterocycles. The van der Waals surface area contributed by atoms with Gasteiger partial charge in [-0.1, -0.05) is 24.3 Å². The monoisotopic (exact) mass is 657 g/mol. The molecule has 1 unspecified atom stereocenters. The van der Waals surface area contributed by atoms with E-state index in [-0.39, 0.29) is 12.6 Å². The highest BCUT2D eigenvalue weighted by Gasteiger charge is 2.26. The van der Waals surface area contributed by atoms with Gasteiger partial charge in [-0.3, -0.25) is 4.79 Å². The highest BCUT2D eigenvalue weighted by molar-refractivity contribution is 6.02. The first-order chi connectivity index (χ1) is 23.3. The lowest BCUT2D eigenvalue weighted by Crippen LogP contribution is -2.38. The van der Waals surface area contributed by atoms with Gasteiger partial charge in [-0.2, -0.15) is 0 Å². The van der Waals surface area contributed by atoms with Gasteiger partial charge < -0.3 is 48.6 Å². The van der Waals surface area contributed by atoms with Crippen LogP contribution in [0.5, 0.6) is 46.0 Å². The summed E-state index contributed by atoms with van der Waals surface area (Å²) in [5.41, 5.74) is 3.74. The van der Waals surface area contributed by atoms with Gasteiger partial charge in [0.15, 0.2) is 41.2 Å². The number of carbonyl (C=O) groups is 1. The van der Waals surface area contributed by atoms with Crippen LogP contribution in [0, 0.1) is 0 Å². The van der Waals surface area contributed by atoms with Crippen LogP contribution >= 0.6 is 0 Å². The first kappa shape index (κ1) is 33.6. The normalized spacial score (nSPS) is 13.7. The van der Waals surface area contributed by atoms with E-state index in [1.807, 2.05) is 60.7 Å². The molecule has 5 rings (SSSR count). The molecule has 4 aromatic rings. The van der Waals surface area contributed by atoms with E-state index >= 15 is 0 Å². The molecule has 48 heavy (non-hydrogen) atoms. The molecule has 1 aliphatic heterocycles. The zero-order valence-electron chi connectivity index (χ0n) is 27.9. The van der Waals surface area contributed by atoms with E-state index in [9.17, 15) is 4.79 Å². The van der Waals surface area contributed by atoms with Crippen molar-refractivity contribution in [2.45, 2.75) is 6.17 Å². The Kier molecular flexibility index (Phi) is 10.7. The molecule has 1 amide bonds. The van der Waals surface area contributed by atoms with Crippen LogP contribution in [-0.2, 0) is 0 Å². The van der Waals surface area contributed by atoms with Crippen LogP contribution in [0.25, 0.3) is 12.2 Å². The van der Waals surface area contributed by atoms with Gasteiger partial charge >= 0.3 is 0 Å². The van der Waals surface area contributed by atoms with E-state index in [0.717, 1.165) is 16.7 Å². The maximum atomic E-state index is 12.8. The van der Waals surface area contributed by atoms with Crippen LogP contribution in [0.15, 0.2) is 66.7 Å². The highest BCUT2D eigenvalue weighted by atomic mass is 16.7. The van der Waals surface area contributed by atoms with Gasteiger partial charge in [0.25, 0.3) is 5.91 Å². The molecule has 12 nitrogen and oxygen atoms in total. The molecule has 1 aliphatic rings. The molecule has 0 aliphatic carbocycles. The van der Waals surface area contributed by atoms with Crippen LogP contribution < -0.4 is 48.6 Å². The summed E-state index contributed by atoms with van der Waals surface area (Å²) in [6.07, 6.45) is 3.41. The van der Waals surface area contributed by atoms with Crippen molar-refractivity contribution >= 4 is 23.7 Å². The molecule has 0 bridgehead atoms. The number of nitrogens with one attached hydrogen (secondary N) is 2. The van der Waals surface area contributed by atoms with Gasteiger partial charge in [0.1, 0.15) is 11.9 Å². The Hall–Kier alpha value is -5.75. The van der Waals surface area contributed by atoms with Gasteiger partial charge in [0.05, 0.1) is 48.2 Å². The van der Waals surface area contributed by atoms with Crippen LogP contribution in [0.4, 0.5) is 5.69 Å². The minimum absolute atomic E-state index is 0.0674. The van der Waals surface area contributed by atoms with Crippen molar-refractivity contribution in [3.05, 3.63) is 89.0 Å². The van der Waals surface area contributed by atoms with Crippen LogP contribution in [-0.4, -0.2) is 67.4 Å². The Morgan fingerprint density at radius 2 is 1.31 bits per heavy atom. The number of benzene rings is 4. The number of rotatable bonds is 14. The first-order valence-corrected chi connectivity index (χ1v) is 14.9. The summed E-state index contributed by atoms with van der Waals surface area (Å²) >= 11 is 0. The quantitative estimate of drug-likeness (QED) is 0.0941. The third kappa shape index (κ3) is 7.45. The Balaban J connectivity index is 1.25. The first-order valence-electron chi connectivity index (χ1n) is 14.9. The van der Waals surface area contributed by atoms with Gasteiger partial charge in [-0.25, -0.2) is 0 Å². The maximum absolute atomic E-state index is 12.8. The number of fused-ring (bicyclic) bond motifs is 1. The van der Waals surface area contributed by atoms with E-state index in [2.05, 4.69) is 10.6 Å². The second kappa shape index (κ2) is 15.2. The van der Waals surface area contributed by atoms with E-state index in [1.54, 1.807) is 67.9 Å². The van der Waals surface area contributed by atoms with Crippen molar-refractivity contribution in [2.24, 2.45) is 0 Å². The SMILES string of the molecule is COc1ccc2c(c1)C(=O)NC(c1ccc(OCN(C)Oc3cc(/C=C\c4cc(OC)c(OC)c(OC)c4)ccc3OC)c(OC)c1)N2. The molecule has 12 heteroatoms. The average Bonchev–Trinajstić information content (AvgIpc) is 3.12. The fourth-order valence-corrected chi connectivity index (χ4v) is 5.13. The summed E-state index contributed by atoms with van der Waals surface area (Å²) < 4.78 is 38.8. The number of carbonyl (C=O) groups excluding carboxylic acids is 1. The molecule has 0 saturated heterocycles. The topological polar surface area (TPSA) is 118 Å². The van der Waals surface area contributed by atoms with Gasteiger partial charge in [0, 0.05) is 12.7 Å². The lowest BCUT2D eigenvalue weighted by Gasteiger charge is -2.29. The Bertz CT molecular complexity index is 1770. The number of methoxy groups -OCH3 is 6. The van der Waals surface area contributed by atoms with Crippen molar-refractivity contribution in [2.75, 3.05) is 61.8 Å². The van der Waals surface area contributed by atoms with Gasteiger partial charge in [0.2, 0.25) is 5.75 Å². The minimum Gasteiger partial charge on any atom is -0.497 e. The molecule has 4 aromatic carbocycles. The van der Waals surface area contributed by atoms with E-state index in [4.69, 9.17) is 38.0 Å². The van der Waals surface area contributed by atoms with Gasteiger partial charge in [-0.05, 0) is 71.3 Å². The molecular formula is C36H39N3O9. The molecule has 252 valence electrons. The van der Waals surface area contributed by atoms with Crippen molar-refractivity contribution in [3.8, 4) is 46.0 Å². The predicted molar refractivity (Wildman–Crippen MR) is 182 cm³/mol. The van der Waals surface area contributed by atoms with Crippen molar-refractivity contribution in [1.82, 2.24) is 10.4 Å². The lowest BCUT2D eigenvalue weighted by atomic mass is 10.0. The molecule has 0 spiro atoms. The Morgan fingerprint density at radius 3 is 1.98 bits per heavy atom. The fraction of sp³-hybridized carbons (Fsp3) is 0.250. The Labute approximate surface area is 279 Å². The fourth-order valence-electron chi connectivity index (χ4n) is 5.13. The summed E-state index contributed by atoms with van der Waals surface area (Å²) in [6.45, 7) is 0.0674. The standard InChI is InChI=1S/C36H39N3O9/c1-39(48-31-16-22(10-14-28(31)42-3)8-9-23-17-32(44-5)34(46-7)33(18-23)45-6)21-47-29-15-11-24(19-30(29)43-4)35-37-27-13-12-25(41-2)20-26(27)36(40)38-35/h8-20,35,37H,21H2,1-7H3,(H,38,40)/b9-8-. The van der Waals surface area contributed by atoms with E-state index in [1.165, 1.54) is 5.06 Å². The third-order valence-electron chi connectivity index (χ3n) is 7.57. The molecule has 0 radical (unpaired) electrons. The van der Waals surface area contributed by atoms with Crippen molar-refractivity contribution in [3.63, 3.8) is 0 Å². The number of hydroxylamine groups is 2. The molecule has 2 N–H and O–H groups in total. The lowest BCUT2D eigenvalue weighted by molar-refractivity contribution is -0.0841.